The molecule has 0 amide bonds. The summed E-state index contributed by atoms with van der Waals surface area (Å²) in [5.74, 6) is 1.54. The molecule has 0 saturated carbocycles. The highest BCUT2D eigenvalue weighted by molar-refractivity contribution is 9.10. The molecule has 3 aromatic rings. The maximum atomic E-state index is 13.5. The Balaban J connectivity index is 1.63. The predicted octanol–water partition coefficient (Wildman–Crippen LogP) is 5.71. The molecule has 0 aliphatic rings. The van der Waals surface area contributed by atoms with Crippen molar-refractivity contribution in [3.05, 3.63) is 76.5 Å². The molecule has 0 fully saturated rings. The van der Waals surface area contributed by atoms with Crippen LogP contribution in [0.4, 0.5) is 10.1 Å². The van der Waals surface area contributed by atoms with Gasteiger partial charge in [0.05, 0.1) is 11.6 Å². The van der Waals surface area contributed by atoms with Crippen LogP contribution in [0.1, 0.15) is 5.56 Å². The second kappa shape index (κ2) is 8.10. The first-order valence-electron chi connectivity index (χ1n) is 7.88. The molecular formula is C20H17BrFNO3. The third-order valence-corrected chi connectivity index (χ3v) is 4.39. The van der Waals surface area contributed by atoms with E-state index in [-0.39, 0.29) is 11.6 Å². The fraction of sp³-hybridized carbons (Fsp3) is 0.100. The zero-order valence-electron chi connectivity index (χ0n) is 14.0. The van der Waals surface area contributed by atoms with E-state index < -0.39 is 0 Å². The molecule has 3 rings (SSSR count). The summed E-state index contributed by atoms with van der Waals surface area (Å²) >= 11 is 3.11. The van der Waals surface area contributed by atoms with E-state index in [0.717, 1.165) is 11.3 Å². The Hall–Kier alpha value is -2.73. The number of methoxy groups -OCH3 is 1. The van der Waals surface area contributed by atoms with E-state index in [1.54, 1.807) is 49.6 Å². The molecule has 0 spiro atoms. The van der Waals surface area contributed by atoms with Gasteiger partial charge in [0, 0.05) is 23.9 Å². The Morgan fingerprint density at radius 3 is 2.35 bits per heavy atom. The molecular weight excluding hydrogens is 401 g/mol. The Kier molecular flexibility index (Phi) is 5.63. The minimum absolute atomic E-state index is 0.204. The van der Waals surface area contributed by atoms with Gasteiger partial charge < -0.3 is 19.9 Å². The van der Waals surface area contributed by atoms with Gasteiger partial charge in [-0.15, -0.1) is 0 Å². The monoisotopic (exact) mass is 417 g/mol. The van der Waals surface area contributed by atoms with Crippen LogP contribution in [0.5, 0.6) is 23.0 Å². The summed E-state index contributed by atoms with van der Waals surface area (Å²) in [6.07, 6.45) is 0. The Morgan fingerprint density at radius 2 is 1.65 bits per heavy atom. The Morgan fingerprint density at radius 1 is 0.962 bits per heavy atom. The maximum Gasteiger partial charge on any atom is 0.141 e. The smallest absolute Gasteiger partial charge is 0.141 e. The van der Waals surface area contributed by atoms with E-state index in [1.807, 2.05) is 12.1 Å². The van der Waals surface area contributed by atoms with Crippen LogP contribution in [0.15, 0.2) is 65.1 Å². The first kappa shape index (κ1) is 18.1. The Bertz CT molecular complexity index is 900. The van der Waals surface area contributed by atoms with E-state index >= 15 is 0 Å². The van der Waals surface area contributed by atoms with Gasteiger partial charge >= 0.3 is 0 Å². The normalized spacial score (nSPS) is 10.4. The molecule has 0 aromatic heterocycles. The zero-order chi connectivity index (χ0) is 18.5. The van der Waals surface area contributed by atoms with E-state index in [4.69, 9.17) is 9.47 Å². The SMILES string of the molecule is COc1ccc(O)c(CNc2ccc(Oc3ccc(Br)c(F)c3)cc2)c1. The van der Waals surface area contributed by atoms with Crippen LogP contribution in [0.25, 0.3) is 0 Å². The standard InChI is InChI=1S/C20H17BrFNO3/c1-25-16-7-9-20(24)13(10-16)12-23-14-2-4-15(5-3-14)26-17-6-8-18(21)19(22)11-17/h2-11,23-24H,12H2,1H3. The summed E-state index contributed by atoms with van der Waals surface area (Å²) in [7, 11) is 1.58. The van der Waals surface area contributed by atoms with Gasteiger partial charge in [-0.25, -0.2) is 4.39 Å². The summed E-state index contributed by atoms with van der Waals surface area (Å²) in [4.78, 5) is 0. The summed E-state index contributed by atoms with van der Waals surface area (Å²) in [5, 5.41) is 13.1. The fourth-order valence-corrected chi connectivity index (χ4v) is 2.59. The lowest BCUT2D eigenvalue weighted by Gasteiger charge is -2.11. The van der Waals surface area contributed by atoms with Gasteiger partial charge in [0.15, 0.2) is 0 Å². The van der Waals surface area contributed by atoms with Crippen LogP contribution in [-0.4, -0.2) is 12.2 Å². The molecule has 0 atom stereocenters. The van der Waals surface area contributed by atoms with Gasteiger partial charge in [-0.1, -0.05) is 0 Å². The van der Waals surface area contributed by atoms with E-state index in [9.17, 15) is 9.50 Å². The van der Waals surface area contributed by atoms with Crippen molar-refractivity contribution in [1.29, 1.82) is 0 Å². The van der Waals surface area contributed by atoms with Gasteiger partial charge in [-0.3, -0.25) is 0 Å². The first-order chi connectivity index (χ1) is 12.5. The number of benzene rings is 3. The van der Waals surface area contributed by atoms with Crippen molar-refractivity contribution in [1.82, 2.24) is 0 Å². The summed E-state index contributed by atoms with van der Waals surface area (Å²) in [6.45, 7) is 0.446. The van der Waals surface area contributed by atoms with Crippen LogP contribution >= 0.6 is 15.9 Å². The van der Waals surface area contributed by atoms with Gasteiger partial charge in [-0.05, 0) is 70.5 Å². The molecule has 0 radical (unpaired) electrons. The highest BCUT2D eigenvalue weighted by Crippen LogP contribution is 2.27. The second-order valence-corrected chi connectivity index (χ2v) is 6.40. The van der Waals surface area contributed by atoms with Crippen LogP contribution in [-0.2, 0) is 6.54 Å². The van der Waals surface area contributed by atoms with Crippen molar-refractivity contribution in [2.45, 2.75) is 6.54 Å². The van der Waals surface area contributed by atoms with Crippen molar-refractivity contribution >= 4 is 21.6 Å². The molecule has 4 nitrogen and oxygen atoms in total. The summed E-state index contributed by atoms with van der Waals surface area (Å²) < 4.78 is 24.7. The summed E-state index contributed by atoms with van der Waals surface area (Å²) in [6, 6.07) is 17.0. The van der Waals surface area contributed by atoms with E-state index in [1.165, 1.54) is 6.07 Å². The van der Waals surface area contributed by atoms with Crippen LogP contribution in [0.3, 0.4) is 0 Å². The number of nitrogens with one attached hydrogen (secondary N) is 1. The largest absolute Gasteiger partial charge is 0.508 e. The maximum absolute atomic E-state index is 13.5. The van der Waals surface area contributed by atoms with Crippen molar-refractivity contribution in [3.8, 4) is 23.0 Å². The molecule has 26 heavy (non-hydrogen) atoms. The number of hydrogen-bond donors (Lipinski definition) is 2. The van der Waals surface area contributed by atoms with Gasteiger partial charge in [0.1, 0.15) is 28.8 Å². The average molecular weight is 418 g/mol. The number of aromatic hydroxyl groups is 1. The fourth-order valence-electron chi connectivity index (χ4n) is 2.34. The predicted molar refractivity (Wildman–Crippen MR) is 103 cm³/mol. The number of hydrogen-bond acceptors (Lipinski definition) is 4. The second-order valence-electron chi connectivity index (χ2n) is 5.55. The van der Waals surface area contributed by atoms with Crippen molar-refractivity contribution in [2.75, 3.05) is 12.4 Å². The molecule has 0 aliphatic carbocycles. The number of phenolic OH excluding ortho intramolecular Hbond substituents is 1. The summed E-state index contributed by atoms with van der Waals surface area (Å²) in [5.41, 5.74) is 1.59. The highest BCUT2D eigenvalue weighted by Gasteiger charge is 2.05. The molecule has 3 aromatic carbocycles. The van der Waals surface area contributed by atoms with E-state index in [0.29, 0.717) is 28.3 Å². The number of rotatable bonds is 6. The van der Waals surface area contributed by atoms with E-state index in [2.05, 4.69) is 21.2 Å². The topological polar surface area (TPSA) is 50.7 Å². The number of halogens is 2. The van der Waals surface area contributed by atoms with Crippen molar-refractivity contribution < 1.29 is 19.0 Å². The first-order valence-corrected chi connectivity index (χ1v) is 8.67. The molecule has 0 aliphatic heterocycles. The van der Waals surface area contributed by atoms with Crippen LogP contribution < -0.4 is 14.8 Å². The molecule has 0 bridgehead atoms. The van der Waals surface area contributed by atoms with Crippen molar-refractivity contribution in [3.63, 3.8) is 0 Å². The minimum Gasteiger partial charge on any atom is -0.508 e. The quantitative estimate of drug-likeness (QED) is 0.539. The lowest BCUT2D eigenvalue weighted by molar-refractivity contribution is 0.411. The zero-order valence-corrected chi connectivity index (χ0v) is 15.6. The van der Waals surface area contributed by atoms with Crippen molar-refractivity contribution in [2.24, 2.45) is 0 Å². The highest BCUT2D eigenvalue weighted by atomic mass is 79.9. The number of ether oxygens (including phenoxy) is 2. The third-order valence-electron chi connectivity index (χ3n) is 3.75. The molecule has 0 saturated heterocycles. The average Bonchev–Trinajstić information content (AvgIpc) is 2.65. The van der Waals surface area contributed by atoms with Crippen LogP contribution in [0, 0.1) is 5.82 Å². The molecule has 134 valence electrons. The molecule has 6 heteroatoms. The minimum atomic E-state index is -0.376. The lowest BCUT2D eigenvalue weighted by atomic mass is 10.2. The molecule has 0 unspecified atom stereocenters. The number of phenols is 1. The Labute approximate surface area is 159 Å². The van der Waals surface area contributed by atoms with Crippen LogP contribution in [0.2, 0.25) is 0 Å². The molecule has 2 N–H and O–H groups in total. The molecule has 0 heterocycles. The van der Waals surface area contributed by atoms with Gasteiger partial charge in [0.2, 0.25) is 0 Å². The van der Waals surface area contributed by atoms with Gasteiger partial charge in [0.25, 0.3) is 0 Å². The lowest BCUT2D eigenvalue weighted by Crippen LogP contribution is -2.00. The number of anilines is 1. The third kappa shape index (κ3) is 4.46. The van der Waals surface area contributed by atoms with Gasteiger partial charge in [-0.2, -0.15) is 0 Å².